The monoisotopic (exact) mass is 274 g/mol. The van der Waals surface area contributed by atoms with Crippen molar-refractivity contribution < 1.29 is 9.15 Å². The Balaban J connectivity index is 2.18. The molecule has 96 valence electrons. The topological polar surface area (TPSA) is 61.3 Å². The van der Waals surface area contributed by atoms with E-state index in [-0.39, 0.29) is 0 Å². The molecule has 1 aromatic heterocycles. The first-order valence-electron chi connectivity index (χ1n) is 5.67. The maximum absolute atomic E-state index is 5.93. The van der Waals surface area contributed by atoms with Crippen LogP contribution >= 0.6 is 11.6 Å². The summed E-state index contributed by atoms with van der Waals surface area (Å²) in [5, 5.41) is 0.598. The van der Waals surface area contributed by atoms with E-state index in [1.54, 1.807) is 31.4 Å². The van der Waals surface area contributed by atoms with Crippen LogP contribution in [0, 0.1) is 0 Å². The van der Waals surface area contributed by atoms with Gasteiger partial charge in [0.05, 0.1) is 12.7 Å². The van der Waals surface area contributed by atoms with Gasteiger partial charge in [-0.1, -0.05) is 11.6 Å². The maximum atomic E-state index is 5.93. The number of rotatable bonds is 2. The highest BCUT2D eigenvalue weighted by molar-refractivity contribution is 6.30. The molecular weight excluding hydrogens is 264 g/mol. The van der Waals surface area contributed by atoms with Gasteiger partial charge in [0.15, 0.2) is 5.58 Å². The molecule has 0 atom stereocenters. The Labute approximate surface area is 114 Å². The third kappa shape index (κ3) is 2.11. The number of fused-ring (bicyclic) bond motifs is 1. The number of nitrogen functional groups attached to an aromatic ring is 1. The molecule has 0 aliphatic rings. The smallest absolute Gasteiger partial charge is 0.231 e. The average molecular weight is 275 g/mol. The van der Waals surface area contributed by atoms with Gasteiger partial charge in [0, 0.05) is 16.8 Å². The number of nitrogens with two attached hydrogens (primary N) is 1. The van der Waals surface area contributed by atoms with Crippen molar-refractivity contribution in [3.8, 4) is 17.2 Å². The number of hydrogen-bond acceptors (Lipinski definition) is 4. The third-order valence-corrected chi connectivity index (χ3v) is 3.04. The van der Waals surface area contributed by atoms with Crippen molar-refractivity contribution in [2.24, 2.45) is 0 Å². The van der Waals surface area contributed by atoms with Gasteiger partial charge >= 0.3 is 0 Å². The first kappa shape index (κ1) is 11.9. The molecule has 0 aliphatic heterocycles. The van der Waals surface area contributed by atoms with E-state index in [0.717, 1.165) is 11.1 Å². The Morgan fingerprint density at radius 2 is 2.05 bits per heavy atom. The lowest BCUT2D eigenvalue weighted by molar-refractivity contribution is 0.414. The van der Waals surface area contributed by atoms with Crippen LogP contribution in [0.1, 0.15) is 0 Å². The summed E-state index contributed by atoms with van der Waals surface area (Å²) in [7, 11) is 1.58. The molecule has 5 heteroatoms. The molecule has 0 bridgehead atoms. The lowest BCUT2D eigenvalue weighted by atomic mass is 10.2. The molecule has 2 N–H and O–H groups in total. The lowest BCUT2D eigenvalue weighted by Gasteiger charge is -2.05. The minimum atomic E-state index is 0.481. The van der Waals surface area contributed by atoms with Gasteiger partial charge in [-0.05, 0) is 30.3 Å². The number of hydrogen-bond donors (Lipinski definition) is 1. The normalized spacial score (nSPS) is 10.8. The standard InChI is InChI=1S/C14H11ClN2O2/c1-18-12-6-8(15)2-4-10(12)14-17-11-5-3-9(16)7-13(11)19-14/h2-7H,16H2,1H3. The zero-order valence-electron chi connectivity index (χ0n) is 10.2. The first-order chi connectivity index (χ1) is 9.17. The first-order valence-corrected chi connectivity index (χ1v) is 6.05. The molecule has 3 rings (SSSR count). The molecule has 0 saturated heterocycles. The van der Waals surface area contributed by atoms with Crippen molar-refractivity contribution in [1.29, 1.82) is 0 Å². The van der Waals surface area contributed by atoms with Crippen LogP contribution in [0.2, 0.25) is 5.02 Å². The molecule has 1 heterocycles. The Morgan fingerprint density at radius 3 is 2.84 bits per heavy atom. The van der Waals surface area contributed by atoms with E-state index in [9.17, 15) is 0 Å². The highest BCUT2D eigenvalue weighted by Gasteiger charge is 2.13. The second-order valence-corrected chi connectivity index (χ2v) is 4.53. The van der Waals surface area contributed by atoms with Crippen molar-refractivity contribution in [2.45, 2.75) is 0 Å². The number of ether oxygens (including phenoxy) is 1. The summed E-state index contributed by atoms with van der Waals surface area (Å²) in [4.78, 5) is 4.42. The molecule has 0 radical (unpaired) electrons. The van der Waals surface area contributed by atoms with E-state index >= 15 is 0 Å². The lowest BCUT2D eigenvalue weighted by Crippen LogP contribution is -1.87. The molecular formula is C14H11ClN2O2. The van der Waals surface area contributed by atoms with Crippen molar-refractivity contribution in [2.75, 3.05) is 12.8 Å². The van der Waals surface area contributed by atoms with Gasteiger partial charge in [-0.25, -0.2) is 4.98 Å². The van der Waals surface area contributed by atoms with E-state index in [0.29, 0.717) is 27.9 Å². The largest absolute Gasteiger partial charge is 0.496 e. The van der Waals surface area contributed by atoms with Crippen LogP contribution in [-0.4, -0.2) is 12.1 Å². The summed E-state index contributed by atoms with van der Waals surface area (Å²) in [5.41, 5.74) is 8.50. The van der Waals surface area contributed by atoms with Gasteiger partial charge in [0.2, 0.25) is 5.89 Å². The van der Waals surface area contributed by atoms with E-state index in [1.807, 2.05) is 12.1 Å². The van der Waals surface area contributed by atoms with Crippen LogP contribution in [0.5, 0.6) is 5.75 Å². The Morgan fingerprint density at radius 1 is 1.21 bits per heavy atom. The van der Waals surface area contributed by atoms with Crippen LogP contribution in [0.15, 0.2) is 40.8 Å². The number of benzene rings is 2. The van der Waals surface area contributed by atoms with Crippen LogP contribution in [0.3, 0.4) is 0 Å². The molecule has 0 unspecified atom stereocenters. The molecule has 0 spiro atoms. The van der Waals surface area contributed by atoms with Crippen molar-refractivity contribution in [3.05, 3.63) is 41.4 Å². The van der Waals surface area contributed by atoms with Crippen molar-refractivity contribution in [3.63, 3.8) is 0 Å². The van der Waals surface area contributed by atoms with Crippen LogP contribution in [-0.2, 0) is 0 Å². The number of halogens is 1. The number of anilines is 1. The summed E-state index contributed by atoms with van der Waals surface area (Å²) in [6.07, 6.45) is 0. The predicted molar refractivity (Wildman–Crippen MR) is 75.4 cm³/mol. The van der Waals surface area contributed by atoms with Crippen LogP contribution < -0.4 is 10.5 Å². The quantitative estimate of drug-likeness (QED) is 0.723. The molecule has 0 aliphatic carbocycles. The minimum Gasteiger partial charge on any atom is -0.496 e. The summed E-state index contributed by atoms with van der Waals surface area (Å²) in [6.45, 7) is 0. The second-order valence-electron chi connectivity index (χ2n) is 4.09. The highest BCUT2D eigenvalue weighted by atomic mass is 35.5. The molecule has 4 nitrogen and oxygen atoms in total. The number of aromatic nitrogens is 1. The van der Waals surface area contributed by atoms with Gasteiger partial charge in [0.1, 0.15) is 11.3 Å². The molecule has 3 aromatic rings. The molecule has 0 amide bonds. The number of nitrogens with zero attached hydrogens (tertiary/aromatic N) is 1. The van der Waals surface area contributed by atoms with Crippen LogP contribution in [0.25, 0.3) is 22.6 Å². The Hall–Kier alpha value is -2.20. The van der Waals surface area contributed by atoms with E-state index in [1.165, 1.54) is 0 Å². The number of oxazole rings is 1. The second kappa shape index (κ2) is 4.48. The average Bonchev–Trinajstić information content (AvgIpc) is 2.81. The van der Waals surface area contributed by atoms with Gasteiger partial charge in [0.25, 0.3) is 0 Å². The SMILES string of the molecule is COc1cc(Cl)ccc1-c1nc2ccc(N)cc2o1. The zero-order valence-corrected chi connectivity index (χ0v) is 10.9. The van der Waals surface area contributed by atoms with Gasteiger partial charge < -0.3 is 14.9 Å². The van der Waals surface area contributed by atoms with E-state index < -0.39 is 0 Å². The highest BCUT2D eigenvalue weighted by Crippen LogP contribution is 2.33. The van der Waals surface area contributed by atoms with Crippen molar-refractivity contribution >= 4 is 28.4 Å². The molecule has 19 heavy (non-hydrogen) atoms. The molecule has 0 saturated carbocycles. The minimum absolute atomic E-state index is 0.481. The van der Waals surface area contributed by atoms with Gasteiger partial charge in [-0.15, -0.1) is 0 Å². The van der Waals surface area contributed by atoms with Crippen molar-refractivity contribution in [1.82, 2.24) is 4.98 Å². The predicted octanol–water partition coefficient (Wildman–Crippen LogP) is 3.74. The molecule has 0 fully saturated rings. The van der Waals surface area contributed by atoms with Gasteiger partial charge in [-0.3, -0.25) is 0 Å². The summed E-state index contributed by atoms with van der Waals surface area (Å²) >= 11 is 5.93. The Kier molecular flexibility index (Phi) is 2.80. The van der Waals surface area contributed by atoms with Crippen LogP contribution in [0.4, 0.5) is 5.69 Å². The summed E-state index contributed by atoms with van der Waals surface area (Å²) < 4.78 is 11.0. The summed E-state index contributed by atoms with van der Waals surface area (Å²) in [5.74, 6) is 1.10. The van der Waals surface area contributed by atoms with E-state index in [2.05, 4.69) is 4.98 Å². The zero-order chi connectivity index (χ0) is 13.4. The fourth-order valence-electron chi connectivity index (χ4n) is 1.90. The summed E-state index contributed by atoms with van der Waals surface area (Å²) in [6, 6.07) is 10.7. The third-order valence-electron chi connectivity index (χ3n) is 2.81. The fourth-order valence-corrected chi connectivity index (χ4v) is 2.06. The fraction of sp³-hybridized carbons (Fsp3) is 0.0714. The van der Waals surface area contributed by atoms with Gasteiger partial charge in [-0.2, -0.15) is 0 Å². The Bertz CT molecular complexity index is 752. The van der Waals surface area contributed by atoms with E-state index in [4.69, 9.17) is 26.5 Å². The molecule has 2 aromatic carbocycles. The number of methoxy groups -OCH3 is 1. The maximum Gasteiger partial charge on any atom is 0.231 e.